The largest absolute Gasteiger partial charge is 0.294 e. The number of hydrogen-bond acceptors (Lipinski definition) is 1. The molecule has 0 fully saturated rings. The molecule has 0 radical (unpaired) electrons. The van der Waals surface area contributed by atoms with Crippen LogP contribution in [0.3, 0.4) is 0 Å². The Bertz CT molecular complexity index is 372. The van der Waals surface area contributed by atoms with Crippen molar-refractivity contribution < 1.29 is 4.79 Å². The minimum absolute atomic E-state index is 0.182. The van der Waals surface area contributed by atoms with E-state index < -0.39 is 0 Å². The van der Waals surface area contributed by atoms with E-state index in [9.17, 15) is 4.79 Å². The molecule has 0 aliphatic heterocycles. The zero-order valence-electron chi connectivity index (χ0n) is 7.23. The maximum atomic E-state index is 11.1. The highest BCUT2D eigenvalue weighted by Crippen LogP contribution is 2.20. The summed E-state index contributed by atoms with van der Waals surface area (Å²) in [4.78, 5) is 11.1. The number of ketones is 1. The predicted octanol–water partition coefficient (Wildman–Crippen LogP) is 2.49. The maximum absolute atomic E-state index is 11.1. The molecule has 64 valence electrons. The minimum Gasteiger partial charge on any atom is -0.294 e. The van der Waals surface area contributed by atoms with Crippen LogP contribution in [-0.2, 0) is 4.79 Å². The second-order valence-corrected chi connectivity index (χ2v) is 3.06. The van der Waals surface area contributed by atoms with Gasteiger partial charge in [-0.05, 0) is 17.2 Å². The number of allylic oxidation sites excluding steroid dienone is 10. The van der Waals surface area contributed by atoms with E-state index >= 15 is 0 Å². The van der Waals surface area contributed by atoms with Gasteiger partial charge in [0.2, 0.25) is 0 Å². The lowest BCUT2D eigenvalue weighted by molar-refractivity contribution is -0.114. The van der Waals surface area contributed by atoms with Gasteiger partial charge in [-0.2, -0.15) is 0 Å². The zero-order chi connectivity index (χ0) is 9.10. The first-order valence-electron chi connectivity index (χ1n) is 4.32. The van der Waals surface area contributed by atoms with Gasteiger partial charge in [-0.15, -0.1) is 0 Å². The van der Waals surface area contributed by atoms with Gasteiger partial charge >= 0.3 is 0 Å². The van der Waals surface area contributed by atoms with E-state index in [-0.39, 0.29) is 5.78 Å². The van der Waals surface area contributed by atoms with E-state index in [2.05, 4.69) is 0 Å². The molecule has 1 nitrogen and oxygen atoms in total. The molecule has 0 spiro atoms. The van der Waals surface area contributed by atoms with E-state index in [0.717, 1.165) is 11.1 Å². The normalized spacial score (nSPS) is 20.2. The van der Waals surface area contributed by atoms with Crippen LogP contribution >= 0.6 is 0 Å². The van der Waals surface area contributed by atoms with Gasteiger partial charge in [-0.1, -0.05) is 42.5 Å². The van der Waals surface area contributed by atoms with Gasteiger partial charge in [0.05, 0.1) is 0 Å². The second-order valence-electron chi connectivity index (χ2n) is 3.06. The number of carbonyl (C=O) groups excluding carboxylic acids is 1. The molecule has 0 aromatic rings. The van der Waals surface area contributed by atoms with E-state index in [1.165, 1.54) is 0 Å². The molecule has 0 unspecified atom stereocenters. The first kappa shape index (κ1) is 7.99. The molecule has 0 saturated carbocycles. The van der Waals surface area contributed by atoms with Gasteiger partial charge in [0, 0.05) is 6.42 Å². The summed E-state index contributed by atoms with van der Waals surface area (Å²) in [5.41, 5.74) is 2.24. The third-order valence-corrected chi connectivity index (χ3v) is 2.09. The SMILES string of the molecule is O=C1C=CC2=C(C=CC=CC=C2)C1. The zero-order valence-corrected chi connectivity index (χ0v) is 7.23. The monoisotopic (exact) mass is 170 g/mol. The van der Waals surface area contributed by atoms with Gasteiger partial charge in [0.1, 0.15) is 0 Å². The Kier molecular flexibility index (Phi) is 2.09. The third-order valence-electron chi connectivity index (χ3n) is 2.09. The lowest BCUT2D eigenvalue weighted by Gasteiger charge is -2.09. The van der Waals surface area contributed by atoms with Crippen LogP contribution in [0, 0.1) is 0 Å². The lowest BCUT2D eigenvalue weighted by Crippen LogP contribution is -2.01. The Morgan fingerprint density at radius 1 is 0.846 bits per heavy atom. The van der Waals surface area contributed by atoms with Crippen molar-refractivity contribution in [3.05, 3.63) is 59.8 Å². The van der Waals surface area contributed by atoms with E-state index in [4.69, 9.17) is 0 Å². The molecule has 0 bridgehead atoms. The van der Waals surface area contributed by atoms with Crippen LogP contribution in [0.2, 0.25) is 0 Å². The highest BCUT2D eigenvalue weighted by molar-refractivity contribution is 5.94. The van der Waals surface area contributed by atoms with Crippen molar-refractivity contribution in [3.63, 3.8) is 0 Å². The fraction of sp³-hybridized carbons (Fsp3) is 0.0833. The fourth-order valence-corrected chi connectivity index (χ4v) is 1.42. The van der Waals surface area contributed by atoms with Crippen LogP contribution in [0.1, 0.15) is 6.42 Å². The first-order chi connectivity index (χ1) is 6.36. The topological polar surface area (TPSA) is 17.1 Å². The molecule has 13 heavy (non-hydrogen) atoms. The summed E-state index contributed by atoms with van der Waals surface area (Å²) in [6, 6.07) is 0. The van der Waals surface area contributed by atoms with Crippen molar-refractivity contribution in [2.45, 2.75) is 6.42 Å². The Morgan fingerprint density at radius 2 is 1.62 bits per heavy atom. The average Bonchev–Trinajstić information content (AvgIpc) is 2.08. The molecule has 0 atom stereocenters. The van der Waals surface area contributed by atoms with Crippen LogP contribution in [0.25, 0.3) is 0 Å². The molecule has 0 aromatic carbocycles. The van der Waals surface area contributed by atoms with Crippen molar-refractivity contribution in [3.8, 4) is 0 Å². The highest BCUT2D eigenvalue weighted by atomic mass is 16.1. The van der Waals surface area contributed by atoms with Crippen LogP contribution in [-0.4, -0.2) is 5.78 Å². The summed E-state index contributed by atoms with van der Waals surface area (Å²) in [5, 5.41) is 0. The van der Waals surface area contributed by atoms with Crippen LogP contribution < -0.4 is 0 Å². The fourth-order valence-electron chi connectivity index (χ4n) is 1.42. The number of rotatable bonds is 0. The molecular weight excluding hydrogens is 160 g/mol. The molecule has 0 heterocycles. The Morgan fingerprint density at radius 3 is 2.46 bits per heavy atom. The summed E-state index contributed by atoms with van der Waals surface area (Å²) in [6.07, 6.45) is 16.0. The van der Waals surface area contributed by atoms with Crippen molar-refractivity contribution in [1.29, 1.82) is 0 Å². The smallest absolute Gasteiger partial charge is 0.160 e. The standard InChI is InChI=1S/C12H10O/c13-12-8-7-10-5-3-1-2-4-6-11(10)9-12/h1-8H,9H2. The van der Waals surface area contributed by atoms with Gasteiger partial charge < -0.3 is 0 Å². The van der Waals surface area contributed by atoms with Gasteiger partial charge in [0.15, 0.2) is 5.78 Å². The second kappa shape index (κ2) is 3.40. The molecule has 0 saturated heterocycles. The summed E-state index contributed by atoms with van der Waals surface area (Å²) >= 11 is 0. The molecule has 1 heteroatoms. The molecule has 2 rings (SSSR count). The van der Waals surface area contributed by atoms with Crippen molar-refractivity contribution in [1.82, 2.24) is 0 Å². The van der Waals surface area contributed by atoms with Crippen LogP contribution in [0.15, 0.2) is 59.8 Å². The summed E-state index contributed by atoms with van der Waals surface area (Å²) in [7, 11) is 0. The van der Waals surface area contributed by atoms with E-state index in [0.29, 0.717) is 6.42 Å². The van der Waals surface area contributed by atoms with Crippen LogP contribution in [0.5, 0.6) is 0 Å². The lowest BCUT2D eigenvalue weighted by atomic mass is 9.95. The van der Waals surface area contributed by atoms with Crippen molar-refractivity contribution in [2.75, 3.05) is 0 Å². The Balaban J connectivity index is 2.40. The molecule has 2 aliphatic rings. The predicted molar refractivity (Wildman–Crippen MR) is 53.2 cm³/mol. The van der Waals surface area contributed by atoms with E-state index in [1.807, 2.05) is 42.5 Å². The summed E-state index contributed by atoms with van der Waals surface area (Å²) in [6.45, 7) is 0. The minimum atomic E-state index is 0.182. The summed E-state index contributed by atoms with van der Waals surface area (Å²) < 4.78 is 0. The average molecular weight is 170 g/mol. The molecule has 2 aliphatic carbocycles. The quantitative estimate of drug-likeness (QED) is 0.546. The van der Waals surface area contributed by atoms with Gasteiger partial charge in [0.25, 0.3) is 0 Å². The Labute approximate surface area is 77.5 Å². The highest BCUT2D eigenvalue weighted by Gasteiger charge is 2.09. The molecule has 0 amide bonds. The number of hydrogen-bond donors (Lipinski definition) is 0. The third kappa shape index (κ3) is 1.75. The van der Waals surface area contributed by atoms with Crippen molar-refractivity contribution in [2.24, 2.45) is 0 Å². The van der Waals surface area contributed by atoms with Crippen LogP contribution in [0.4, 0.5) is 0 Å². The summed E-state index contributed by atoms with van der Waals surface area (Å²) in [5.74, 6) is 0.182. The van der Waals surface area contributed by atoms with Crippen molar-refractivity contribution >= 4 is 5.78 Å². The Hall–Kier alpha value is -1.63. The number of carbonyl (C=O) groups is 1. The van der Waals surface area contributed by atoms with Gasteiger partial charge in [-0.3, -0.25) is 4.79 Å². The van der Waals surface area contributed by atoms with Gasteiger partial charge in [-0.25, -0.2) is 0 Å². The first-order valence-corrected chi connectivity index (χ1v) is 4.32. The molecule has 0 N–H and O–H groups in total. The molecular formula is C12H10O. The maximum Gasteiger partial charge on any atom is 0.160 e. The molecule has 0 aromatic heterocycles. The van der Waals surface area contributed by atoms with E-state index in [1.54, 1.807) is 6.08 Å².